The third-order valence-electron chi connectivity index (χ3n) is 3.35. The van der Waals surface area contributed by atoms with Crippen LogP contribution in [0, 0.1) is 6.92 Å². The molecule has 0 aliphatic carbocycles. The zero-order valence-electron chi connectivity index (χ0n) is 12.7. The number of hydrogen-bond acceptors (Lipinski definition) is 5. The molecule has 0 saturated carbocycles. The van der Waals surface area contributed by atoms with Crippen molar-refractivity contribution in [3.05, 3.63) is 64.0 Å². The molecule has 3 aromatic heterocycles. The lowest BCUT2D eigenvalue weighted by Gasteiger charge is -2.15. The van der Waals surface area contributed by atoms with E-state index in [0.717, 1.165) is 0 Å². The van der Waals surface area contributed by atoms with Gasteiger partial charge in [-0.2, -0.15) is 0 Å². The summed E-state index contributed by atoms with van der Waals surface area (Å²) < 4.78 is 10.2. The fourth-order valence-electron chi connectivity index (χ4n) is 2.23. The standard InChI is InChI=1S/C16H15N3O4/c1-10-8-11(18-23-10)9-19(2)16(21)12-5-6-13(17-15(12)20)14-4-3-7-22-14/h3-8H,9H2,1-2H3,(H,17,20). The van der Waals surface area contributed by atoms with Crippen molar-refractivity contribution in [2.24, 2.45) is 0 Å². The molecule has 0 aliphatic rings. The second kappa shape index (κ2) is 5.96. The lowest BCUT2D eigenvalue weighted by molar-refractivity contribution is 0.0780. The minimum absolute atomic E-state index is 0.0584. The molecule has 0 aromatic carbocycles. The van der Waals surface area contributed by atoms with Crippen LogP contribution in [0.4, 0.5) is 0 Å². The average Bonchev–Trinajstić information content (AvgIpc) is 3.18. The van der Waals surface area contributed by atoms with Gasteiger partial charge in [0.05, 0.1) is 18.5 Å². The lowest BCUT2D eigenvalue weighted by Crippen LogP contribution is -2.31. The summed E-state index contributed by atoms with van der Waals surface area (Å²) in [5, 5.41) is 3.83. The van der Waals surface area contributed by atoms with E-state index in [2.05, 4.69) is 10.1 Å². The van der Waals surface area contributed by atoms with E-state index in [1.54, 1.807) is 38.2 Å². The number of H-pyrrole nitrogens is 1. The zero-order chi connectivity index (χ0) is 16.4. The van der Waals surface area contributed by atoms with Crippen LogP contribution in [0.15, 0.2) is 50.3 Å². The van der Waals surface area contributed by atoms with Crippen LogP contribution in [-0.2, 0) is 6.54 Å². The fraction of sp³-hybridized carbons (Fsp3) is 0.188. The zero-order valence-corrected chi connectivity index (χ0v) is 12.7. The number of nitrogens with zero attached hydrogens (tertiary/aromatic N) is 2. The number of carbonyl (C=O) groups is 1. The van der Waals surface area contributed by atoms with Crippen LogP contribution in [0.25, 0.3) is 11.5 Å². The highest BCUT2D eigenvalue weighted by Gasteiger charge is 2.17. The molecule has 7 nitrogen and oxygen atoms in total. The molecule has 0 fully saturated rings. The number of furan rings is 1. The Labute approximate surface area is 131 Å². The molecule has 0 bridgehead atoms. The molecule has 3 rings (SSSR count). The maximum Gasteiger partial charge on any atom is 0.261 e. The Balaban J connectivity index is 1.80. The van der Waals surface area contributed by atoms with E-state index >= 15 is 0 Å². The molecule has 0 radical (unpaired) electrons. The van der Waals surface area contributed by atoms with Crippen LogP contribution < -0.4 is 5.56 Å². The molecule has 3 aromatic rings. The van der Waals surface area contributed by atoms with Crippen LogP contribution in [0.3, 0.4) is 0 Å². The first-order valence-electron chi connectivity index (χ1n) is 6.99. The SMILES string of the molecule is Cc1cc(CN(C)C(=O)c2ccc(-c3ccco3)[nH]c2=O)no1. The third kappa shape index (κ3) is 3.08. The number of hydrogen-bond donors (Lipinski definition) is 1. The van der Waals surface area contributed by atoms with Gasteiger partial charge in [-0.15, -0.1) is 0 Å². The molecule has 23 heavy (non-hydrogen) atoms. The second-order valence-electron chi connectivity index (χ2n) is 5.18. The summed E-state index contributed by atoms with van der Waals surface area (Å²) in [6.07, 6.45) is 1.51. The minimum atomic E-state index is -0.466. The van der Waals surface area contributed by atoms with E-state index in [0.29, 0.717) is 22.9 Å². The van der Waals surface area contributed by atoms with Gasteiger partial charge in [-0.1, -0.05) is 5.16 Å². The third-order valence-corrected chi connectivity index (χ3v) is 3.35. The molecular weight excluding hydrogens is 298 g/mol. The molecule has 1 amide bonds. The van der Waals surface area contributed by atoms with Crippen molar-refractivity contribution < 1.29 is 13.7 Å². The first-order chi connectivity index (χ1) is 11.0. The molecule has 0 spiro atoms. The monoisotopic (exact) mass is 313 g/mol. The molecule has 7 heteroatoms. The average molecular weight is 313 g/mol. The van der Waals surface area contributed by atoms with E-state index in [1.807, 2.05) is 0 Å². The van der Waals surface area contributed by atoms with Crippen LogP contribution in [0.2, 0.25) is 0 Å². The van der Waals surface area contributed by atoms with Crippen molar-refractivity contribution in [1.29, 1.82) is 0 Å². The van der Waals surface area contributed by atoms with Crippen LogP contribution >= 0.6 is 0 Å². The van der Waals surface area contributed by atoms with Crippen molar-refractivity contribution in [1.82, 2.24) is 15.0 Å². The quantitative estimate of drug-likeness (QED) is 0.797. The molecule has 1 N–H and O–H groups in total. The van der Waals surface area contributed by atoms with Crippen LogP contribution in [-0.4, -0.2) is 28.0 Å². The van der Waals surface area contributed by atoms with Gasteiger partial charge in [0, 0.05) is 13.1 Å². The van der Waals surface area contributed by atoms with Gasteiger partial charge in [0.1, 0.15) is 22.8 Å². The number of rotatable bonds is 4. The van der Waals surface area contributed by atoms with E-state index in [1.165, 1.54) is 17.2 Å². The van der Waals surface area contributed by atoms with E-state index < -0.39 is 11.5 Å². The Morgan fingerprint density at radius 2 is 2.17 bits per heavy atom. The minimum Gasteiger partial charge on any atom is -0.463 e. The normalized spacial score (nSPS) is 10.7. The first kappa shape index (κ1) is 14.8. The first-order valence-corrected chi connectivity index (χ1v) is 6.99. The maximum absolute atomic E-state index is 12.4. The van der Waals surface area contributed by atoms with Gasteiger partial charge < -0.3 is 18.8 Å². The molecule has 0 atom stereocenters. The van der Waals surface area contributed by atoms with Crippen LogP contribution in [0.1, 0.15) is 21.8 Å². The Morgan fingerprint density at radius 3 is 2.78 bits per heavy atom. The largest absolute Gasteiger partial charge is 0.463 e. The molecule has 3 heterocycles. The Bertz CT molecular complexity index is 877. The fourth-order valence-corrected chi connectivity index (χ4v) is 2.23. The summed E-state index contributed by atoms with van der Waals surface area (Å²) in [5.41, 5.74) is 0.739. The van der Waals surface area contributed by atoms with Crippen molar-refractivity contribution in [3.63, 3.8) is 0 Å². The molecular formula is C16H15N3O4. The van der Waals surface area contributed by atoms with Gasteiger partial charge in [-0.25, -0.2) is 0 Å². The van der Waals surface area contributed by atoms with Crippen molar-refractivity contribution in [2.45, 2.75) is 13.5 Å². The summed E-state index contributed by atoms with van der Waals surface area (Å²) >= 11 is 0. The predicted octanol–water partition coefficient (Wildman–Crippen LogP) is 2.20. The summed E-state index contributed by atoms with van der Waals surface area (Å²) in [6, 6.07) is 8.32. The van der Waals surface area contributed by atoms with Crippen molar-refractivity contribution in [2.75, 3.05) is 7.05 Å². The second-order valence-corrected chi connectivity index (χ2v) is 5.18. The number of aromatic amines is 1. The van der Waals surface area contributed by atoms with Gasteiger partial charge in [-0.05, 0) is 31.2 Å². The number of amides is 1. The molecule has 0 aliphatic heterocycles. The molecule has 118 valence electrons. The Hall–Kier alpha value is -3.09. The van der Waals surface area contributed by atoms with Crippen molar-refractivity contribution >= 4 is 5.91 Å². The number of pyridine rings is 1. The topological polar surface area (TPSA) is 92.3 Å². The van der Waals surface area contributed by atoms with Gasteiger partial charge in [-0.3, -0.25) is 9.59 Å². The van der Waals surface area contributed by atoms with Gasteiger partial charge in [0.2, 0.25) is 0 Å². The van der Waals surface area contributed by atoms with Gasteiger partial charge >= 0.3 is 0 Å². The van der Waals surface area contributed by atoms with Gasteiger partial charge in [0.25, 0.3) is 11.5 Å². The summed E-state index contributed by atoms with van der Waals surface area (Å²) in [7, 11) is 1.60. The molecule has 0 unspecified atom stereocenters. The number of carbonyl (C=O) groups excluding carboxylic acids is 1. The van der Waals surface area contributed by atoms with Crippen molar-refractivity contribution in [3.8, 4) is 11.5 Å². The lowest BCUT2D eigenvalue weighted by atomic mass is 10.2. The van der Waals surface area contributed by atoms with E-state index in [9.17, 15) is 9.59 Å². The Morgan fingerprint density at radius 1 is 1.35 bits per heavy atom. The summed E-state index contributed by atoms with van der Waals surface area (Å²) in [6.45, 7) is 2.03. The highest BCUT2D eigenvalue weighted by Crippen LogP contribution is 2.16. The van der Waals surface area contributed by atoms with Gasteiger partial charge in [0.15, 0.2) is 0 Å². The number of nitrogens with one attached hydrogen (secondary N) is 1. The van der Waals surface area contributed by atoms with Crippen LogP contribution in [0.5, 0.6) is 0 Å². The highest BCUT2D eigenvalue weighted by molar-refractivity contribution is 5.93. The summed E-state index contributed by atoms with van der Waals surface area (Å²) in [4.78, 5) is 28.6. The number of aryl methyl sites for hydroxylation is 1. The summed E-state index contributed by atoms with van der Waals surface area (Å²) in [5.74, 6) is 0.812. The van der Waals surface area contributed by atoms with E-state index in [4.69, 9.17) is 8.94 Å². The highest BCUT2D eigenvalue weighted by atomic mass is 16.5. The Kier molecular flexibility index (Phi) is 3.84. The predicted molar refractivity (Wildman–Crippen MR) is 81.8 cm³/mol. The van der Waals surface area contributed by atoms with E-state index in [-0.39, 0.29) is 12.1 Å². The molecule has 0 saturated heterocycles. The smallest absolute Gasteiger partial charge is 0.261 e. The maximum atomic E-state index is 12.4. The number of aromatic nitrogens is 2.